The molecule has 0 spiro atoms. The van der Waals surface area contributed by atoms with Crippen LogP contribution in [0.4, 0.5) is 5.69 Å². The van der Waals surface area contributed by atoms with Crippen molar-refractivity contribution >= 4 is 27.1 Å². The molecule has 2 aromatic rings. The Morgan fingerprint density at radius 2 is 2.27 bits per heavy atom. The van der Waals surface area contributed by atoms with Crippen molar-refractivity contribution in [2.75, 3.05) is 12.4 Å². The average molecular weight is 216 g/mol. The fourth-order valence-corrected chi connectivity index (χ4v) is 2.74. The van der Waals surface area contributed by atoms with Gasteiger partial charge in [0.2, 0.25) is 0 Å². The molecule has 0 aliphatic carbocycles. The number of rotatable bonds is 2. The minimum atomic E-state index is 0.764. The van der Waals surface area contributed by atoms with Gasteiger partial charge in [0.05, 0.1) is 16.0 Å². The van der Waals surface area contributed by atoms with Crippen molar-refractivity contribution in [1.29, 1.82) is 5.26 Å². The average Bonchev–Trinajstić information content (AvgIpc) is 2.70. The van der Waals surface area contributed by atoms with Crippen molar-refractivity contribution in [3.63, 3.8) is 0 Å². The molecular formula is C12H12N2S. The van der Waals surface area contributed by atoms with Crippen molar-refractivity contribution in [2.24, 2.45) is 0 Å². The van der Waals surface area contributed by atoms with Gasteiger partial charge in [-0.2, -0.15) is 5.26 Å². The van der Waals surface area contributed by atoms with E-state index in [1.807, 2.05) is 13.1 Å². The van der Waals surface area contributed by atoms with Crippen LogP contribution < -0.4 is 5.32 Å². The van der Waals surface area contributed by atoms with Crippen molar-refractivity contribution < 1.29 is 0 Å². The van der Waals surface area contributed by atoms with Gasteiger partial charge in [0.1, 0.15) is 6.07 Å². The van der Waals surface area contributed by atoms with Gasteiger partial charge < -0.3 is 5.32 Å². The first kappa shape index (κ1) is 10.0. The summed E-state index contributed by atoms with van der Waals surface area (Å²) >= 11 is 1.72. The fourth-order valence-electron chi connectivity index (χ4n) is 1.65. The normalized spacial score (nSPS) is 10.2. The van der Waals surface area contributed by atoms with Crippen molar-refractivity contribution in [2.45, 2.75) is 13.3 Å². The number of nitrogens with zero attached hydrogens (tertiary/aromatic N) is 1. The summed E-state index contributed by atoms with van der Waals surface area (Å²) in [5.74, 6) is 0. The maximum absolute atomic E-state index is 9.15. The van der Waals surface area contributed by atoms with Gasteiger partial charge in [-0.25, -0.2) is 0 Å². The molecule has 0 saturated heterocycles. The van der Waals surface area contributed by atoms with Gasteiger partial charge in [-0.1, -0.05) is 13.0 Å². The van der Waals surface area contributed by atoms with Gasteiger partial charge in [0, 0.05) is 11.9 Å². The summed E-state index contributed by atoms with van der Waals surface area (Å²) in [6.45, 7) is 2.13. The largest absolute Gasteiger partial charge is 0.387 e. The van der Waals surface area contributed by atoms with Gasteiger partial charge in [0.15, 0.2) is 0 Å². The first-order valence-corrected chi connectivity index (χ1v) is 5.75. The molecule has 1 N–H and O–H groups in total. The van der Waals surface area contributed by atoms with Gasteiger partial charge in [0.25, 0.3) is 0 Å². The highest BCUT2D eigenvalue weighted by molar-refractivity contribution is 7.19. The number of hydrogen-bond donors (Lipinski definition) is 1. The van der Waals surface area contributed by atoms with Crippen LogP contribution in [-0.4, -0.2) is 7.05 Å². The second-order valence-electron chi connectivity index (χ2n) is 3.33. The lowest BCUT2D eigenvalue weighted by atomic mass is 10.1. The number of thiophene rings is 1. The standard InChI is InChI=1S/C12H12N2S/c1-3-9-6-8-4-5-11(14-2)10(7-13)12(8)15-9/h4-6,14H,3H2,1-2H3. The van der Waals surface area contributed by atoms with Gasteiger partial charge in [-0.05, 0) is 23.9 Å². The molecule has 1 aromatic heterocycles. The molecule has 0 aliphatic heterocycles. The molecule has 0 aliphatic rings. The first-order valence-electron chi connectivity index (χ1n) is 4.93. The number of hydrogen-bond acceptors (Lipinski definition) is 3. The number of fused-ring (bicyclic) bond motifs is 1. The zero-order valence-electron chi connectivity index (χ0n) is 8.79. The third kappa shape index (κ3) is 1.57. The monoisotopic (exact) mass is 216 g/mol. The SMILES string of the molecule is CCc1cc2ccc(NC)c(C#N)c2s1. The van der Waals surface area contributed by atoms with E-state index < -0.39 is 0 Å². The lowest BCUT2D eigenvalue weighted by molar-refractivity contribution is 1.19. The Kier molecular flexibility index (Phi) is 2.61. The molecule has 2 nitrogen and oxygen atoms in total. The lowest BCUT2D eigenvalue weighted by Crippen LogP contribution is -1.91. The molecule has 0 amide bonds. The molecule has 2 rings (SSSR count). The van der Waals surface area contributed by atoms with Crippen LogP contribution in [-0.2, 0) is 6.42 Å². The predicted molar refractivity (Wildman–Crippen MR) is 65.5 cm³/mol. The molecule has 3 heteroatoms. The number of benzene rings is 1. The van der Waals surface area contributed by atoms with E-state index in [4.69, 9.17) is 5.26 Å². The van der Waals surface area contributed by atoms with E-state index in [-0.39, 0.29) is 0 Å². The molecule has 0 radical (unpaired) electrons. The minimum absolute atomic E-state index is 0.764. The minimum Gasteiger partial charge on any atom is -0.387 e. The van der Waals surface area contributed by atoms with Crippen LogP contribution >= 0.6 is 11.3 Å². The molecule has 0 bridgehead atoms. The van der Waals surface area contributed by atoms with E-state index in [2.05, 4.69) is 30.4 Å². The number of aryl methyl sites for hydroxylation is 1. The smallest absolute Gasteiger partial charge is 0.103 e. The second kappa shape index (κ2) is 3.92. The Hall–Kier alpha value is -1.53. The molecule has 76 valence electrons. The van der Waals surface area contributed by atoms with E-state index >= 15 is 0 Å². The molecule has 1 heterocycles. The van der Waals surface area contributed by atoms with Crippen molar-refractivity contribution in [3.8, 4) is 6.07 Å². The van der Waals surface area contributed by atoms with E-state index in [1.165, 1.54) is 10.3 Å². The van der Waals surface area contributed by atoms with Gasteiger partial charge in [-0.15, -0.1) is 11.3 Å². The van der Waals surface area contributed by atoms with E-state index in [0.29, 0.717) is 0 Å². The Morgan fingerprint density at radius 1 is 1.47 bits per heavy atom. The van der Waals surface area contributed by atoms with E-state index in [1.54, 1.807) is 11.3 Å². The predicted octanol–water partition coefficient (Wildman–Crippen LogP) is 3.38. The summed E-state index contributed by atoms with van der Waals surface area (Å²) in [5, 5.41) is 13.4. The van der Waals surface area contributed by atoms with E-state index in [9.17, 15) is 0 Å². The molecule has 0 atom stereocenters. The molecule has 1 aromatic carbocycles. The zero-order valence-corrected chi connectivity index (χ0v) is 9.61. The van der Waals surface area contributed by atoms with Crippen molar-refractivity contribution in [1.82, 2.24) is 0 Å². The maximum Gasteiger partial charge on any atom is 0.103 e. The summed E-state index contributed by atoms with van der Waals surface area (Å²) in [6, 6.07) is 8.47. The van der Waals surface area contributed by atoms with Crippen LogP contribution in [0.5, 0.6) is 0 Å². The van der Waals surface area contributed by atoms with Gasteiger partial charge >= 0.3 is 0 Å². The third-order valence-electron chi connectivity index (χ3n) is 2.47. The molecular weight excluding hydrogens is 204 g/mol. The second-order valence-corrected chi connectivity index (χ2v) is 4.47. The fraction of sp³-hybridized carbons (Fsp3) is 0.250. The Labute approximate surface area is 93.2 Å². The summed E-state index contributed by atoms with van der Waals surface area (Å²) in [7, 11) is 1.84. The number of nitriles is 1. The number of anilines is 1. The zero-order chi connectivity index (χ0) is 10.8. The van der Waals surface area contributed by atoms with Crippen LogP contribution in [0, 0.1) is 11.3 Å². The Bertz CT molecular complexity index is 534. The third-order valence-corrected chi connectivity index (χ3v) is 3.78. The van der Waals surface area contributed by atoms with Crippen LogP contribution in [0.25, 0.3) is 10.1 Å². The summed E-state index contributed by atoms with van der Waals surface area (Å²) in [5.41, 5.74) is 1.68. The van der Waals surface area contributed by atoms with Crippen LogP contribution in [0.3, 0.4) is 0 Å². The first-order chi connectivity index (χ1) is 7.30. The molecule has 15 heavy (non-hydrogen) atoms. The molecule has 0 saturated carbocycles. The summed E-state index contributed by atoms with van der Waals surface area (Å²) in [6.07, 6.45) is 1.03. The van der Waals surface area contributed by atoms with Crippen LogP contribution in [0.2, 0.25) is 0 Å². The van der Waals surface area contributed by atoms with Gasteiger partial charge in [-0.3, -0.25) is 0 Å². The highest BCUT2D eigenvalue weighted by atomic mass is 32.1. The topological polar surface area (TPSA) is 35.8 Å². The molecule has 0 unspecified atom stereocenters. The summed E-state index contributed by atoms with van der Waals surface area (Å²) < 4.78 is 1.10. The van der Waals surface area contributed by atoms with E-state index in [0.717, 1.165) is 22.4 Å². The van der Waals surface area contributed by atoms with Crippen LogP contribution in [0.15, 0.2) is 18.2 Å². The number of nitrogens with one attached hydrogen (secondary N) is 1. The lowest BCUT2D eigenvalue weighted by Gasteiger charge is -2.02. The van der Waals surface area contributed by atoms with Crippen molar-refractivity contribution in [3.05, 3.63) is 28.6 Å². The Balaban J connectivity index is 2.76. The quantitative estimate of drug-likeness (QED) is 0.835. The Morgan fingerprint density at radius 3 is 2.87 bits per heavy atom. The highest BCUT2D eigenvalue weighted by Crippen LogP contribution is 2.32. The molecule has 0 fully saturated rings. The summed E-state index contributed by atoms with van der Waals surface area (Å²) in [4.78, 5) is 1.33. The van der Waals surface area contributed by atoms with Crippen LogP contribution in [0.1, 0.15) is 17.4 Å². The maximum atomic E-state index is 9.15. The highest BCUT2D eigenvalue weighted by Gasteiger charge is 2.09.